The average Bonchev–Trinajstić information content (AvgIpc) is 3.02. The molecule has 2 aliphatic rings. The van der Waals surface area contributed by atoms with Crippen LogP contribution in [0.1, 0.15) is 31.1 Å². The molecule has 0 saturated carbocycles. The van der Waals surface area contributed by atoms with Gasteiger partial charge in [0.1, 0.15) is 24.4 Å². The molecule has 25 heavy (non-hydrogen) atoms. The second-order valence-electron chi connectivity index (χ2n) is 6.66. The maximum absolute atomic E-state index is 10.7. The monoisotopic (exact) mass is 370 g/mol. The number of aliphatic hydroxyl groups excluding tert-OH is 2. The summed E-state index contributed by atoms with van der Waals surface area (Å²) >= 11 is 6.17. The molecule has 3 unspecified atom stereocenters. The first-order valence-corrected chi connectivity index (χ1v) is 8.54. The quantitative estimate of drug-likeness (QED) is 0.591. The van der Waals surface area contributed by atoms with E-state index in [-0.39, 0.29) is 0 Å². The lowest BCUT2D eigenvalue weighted by Gasteiger charge is -2.26. The molecule has 0 aliphatic carbocycles. The minimum absolute atomic E-state index is 0.297. The van der Waals surface area contributed by atoms with Gasteiger partial charge in [-0.15, -0.1) is 6.58 Å². The van der Waals surface area contributed by atoms with E-state index in [1.165, 1.54) is 0 Å². The average molecular weight is 371 g/mol. The SMILES string of the molecule is C=CCOCc1cc([C@H](O)C2OC3OC(C)(C)OC3[C@@H]2O)ccc1Cl. The molecule has 5 atom stereocenters. The fourth-order valence-electron chi connectivity index (χ4n) is 3.11. The van der Waals surface area contributed by atoms with Crippen LogP contribution in [-0.4, -0.2) is 47.2 Å². The molecule has 0 bridgehead atoms. The Balaban J connectivity index is 1.72. The molecule has 1 aromatic carbocycles. The molecule has 2 N–H and O–H groups in total. The Kier molecular flexibility index (Phi) is 5.51. The molecule has 6 nitrogen and oxygen atoms in total. The first-order valence-electron chi connectivity index (χ1n) is 8.16. The van der Waals surface area contributed by atoms with Crippen LogP contribution < -0.4 is 0 Å². The van der Waals surface area contributed by atoms with E-state index in [0.29, 0.717) is 23.8 Å². The number of fused-ring (bicyclic) bond motifs is 1. The van der Waals surface area contributed by atoms with Crippen molar-refractivity contribution in [2.45, 2.75) is 56.9 Å². The van der Waals surface area contributed by atoms with Crippen molar-refractivity contribution in [2.75, 3.05) is 6.61 Å². The topological polar surface area (TPSA) is 77.4 Å². The molecule has 0 radical (unpaired) electrons. The van der Waals surface area contributed by atoms with Gasteiger partial charge in [0.2, 0.25) is 0 Å². The van der Waals surface area contributed by atoms with Gasteiger partial charge < -0.3 is 29.2 Å². The van der Waals surface area contributed by atoms with Gasteiger partial charge in [-0.05, 0) is 37.1 Å². The summed E-state index contributed by atoms with van der Waals surface area (Å²) in [6.45, 7) is 7.80. The highest BCUT2D eigenvalue weighted by molar-refractivity contribution is 6.31. The summed E-state index contributed by atoms with van der Waals surface area (Å²) in [5.74, 6) is -0.817. The molecular weight excluding hydrogens is 348 g/mol. The van der Waals surface area contributed by atoms with Crippen LogP contribution in [0.5, 0.6) is 0 Å². The van der Waals surface area contributed by atoms with Crippen LogP contribution in [-0.2, 0) is 25.6 Å². The predicted octanol–water partition coefficient (Wildman–Crippen LogP) is 2.31. The van der Waals surface area contributed by atoms with Crippen LogP contribution in [0, 0.1) is 0 Å². The van der Waals surface area contributed by atoms with Gasteiger partial charge in [0.15, 0.2) is 12.1 Å². The normalized spacial score (nSPS) is 31.7. The van der Waals surface area contributed by atoms with Crippen molar-refractivity contribution in [3.63, 3.8) is 0 Å². The molecule has 2 heterocycles. The summed E-state index contributed by atoms with van der Waals surface area (Å²) in [5.41, 5.74) is 1.31. The summed E-state index contributed by atoms with van der Waals surface area (Å²) in [5, 5.41) is 21.7. The summed E-state index contributed by atoms with van der Waals surface area (Å²) in [6, 6.07) is 5.12. The van der Waals surface area contributed by atoms with Gasteiger partial charge in [-0.1, -0.05) is 23.7 Å². The van der Waals surface area contributed by atoms with E-state index >= 15 is 0 Å². The predicted molar refractivity (Wildman–Crippen MR) is 91.0 cm³/mol. The minimum atomic E-state index is -1.05. The lowest BCUT2D eigenvalue weighted by Crippen LogP contribution is -2.37. The molecule has 0 spiro atoms. The van der Waals surface area contributed by atoms with E-state index in [2.05, 4.69) is 6.58 Å². The van der Waals surface area contributed by atoms with Gasteiger partial charge in [0.05, 0.1) is 13.2 Å². The molecule has 0 aromatic heterocycles. The number of hydrogen-bond donors (Lipinski definition) is 2. The molecule has 7 heteroatoms. The molecule has 2 fully saturated rings. The van der Waals surface area contributed by atoms with E-state index in [0.717, 1.165) is 5.56 Å². The number of ether oxygens (including phenoxy) is 4. The van der Waals surface area contributed by atoms with Crippen LogP contribution in [0.15, 0.2) is 30.9 Å². The number of hydrogen-bond acceptors (Lipinski definition) is 6. The highest BCUT2D eigenvalue weighted by Gasteiger charge is 2.56. The van der Waals surface area contributed by atoms with E-state index < -0.39 is 36.5 Å². The summed E-state index contributed by atoms with van der Waals surface area (Å²) in [7, 11) is 0. The highest BCUT2D eigenvalue weighted by atomic mass is 35.5. The Morgan fingerprint density at radius 3 is 2.84 bits per heavy atom. The fraction of sp³-hybridized carbons (Fsp3) is 0.556. The maximum atomic E-state index is 10.7. The van der Waals surface area contributed by atoms with Crippen LogP contribution in [0.25, 0.3) is 0 Å². The first kappa shape index (κ1) is 18.8. The van der Waals surface area contributed by atoms with E-state index in [1.54, 1.807) is 38.1 Å². The van der Waals surface area contributed by atoms with Gasteiger partial charge >= 0.3 is 0 Å². The largest absolute Gasteiger partial charge is 0.387 e. The number of halogens is 1. The maximum Gasteiger partial charge on any atom is 0.190 e. The molecule has 0 amide bonds. The van der Waals surface area contributed by atoms with Gasteiger partial charge in [0, 0.05) is 5.02 Å². The van der Waals surface area contributed by atoms with Crippen molar-refractivity contribution in [2.24, 2.45) is 0 Å². The third-order valence-electron chi connectivity index (χ3n) is 4.27. The summed E-state index contributed by atoms with van der Waals surface area (Å²) in [6.07, 6.45) is -2.58. The number of rotatable bonds is 6. The summed E-state index contributed by atoms with van der Waals surface area (Å²) in [4.78, 5) is 0. The second-order valence-corrected chi connectivity index (χ2v) is 7.07. The van der Waals surface area contributed by atoms with Gasteiger partial charge in [-0.25, -0.2) is 0 Å². The summed E-state index contributed by atoms with van der Waals surface area (Å²) < 4.78 is 22.4. The molecule has 138 valence electrons. The van der Waals surface area contributed by atoms with Gasteiger partial charge in [0.25, 0.3) is 0 Å². The zero-order valence-electron chi connectivity index (χ0n) is 14.2. The van der Waals surface area contributed by atoms with E-state index in [4.69, 9.17) is 30.5 Å². The molecule has 2 saturated heterocycles. The number of benzene rings is 1. The van der Waals surface area contributed by atoms with Gasteiger partial charge in [-0.2, -0.15) is 0 Å². The molecule has 1 aromatic rings. The Hall–Kier alpha value is -0.990. The van der Waals surface area contributed by atoms with Gasteiger partial charge in [-0.3, -0.25) is 0 Å². The van der Waals surface area contributed by atoms with Crippen molar-refractivity contribution in [3.8, 4) is 0 Å². The van der Waals surface area contributed by atoms with E-state index in [9.17, 15) is 10.2 Å². The number of aliphatic hydroxyl groups is 2. The third kappa shape index (κ3) is 3.90. The van der Waals surface area contributed by atoms with Crippen LogP contribution >= 0.6 is 11.6 Å². The highest BCUT2D eigenvalue weighted by Crippen LogP contribution is 2.41. The van der Waals surface area contributed by atoms with Crippen LogP contribution in [0.2, 0.25) is 5.02 Å². The standard InChI is InChI=1S/C18H23ClO6/c1-4-7-22-9-11-8-10(5-6-12(11)19)13(20)15-14(21)16-17(23-15)25-18(2,3)24-16/h4-6,8,13-17,20-21H,1,7,9H2,2-3H3/t13-,14+,15?,16?,17?/m0/s1. The third-order valence-corrected chi connectivity index (χ3v) is 4.64. The zero-order valence-corrected chi connectivity index (χ0v) is 15.0. The van der Waals surface area contributed by atoms with E-state index in [1.807, 2.05) is 0 Å². The van der Waals surface area contributed by atoms with Crippen molar-refractivity contribution >= 4 is 11.6 Å². The molecule has 3 rings (SSSR count). The minimum Gasteiger partial charge on any atom is -0.387 e. The van der Waals surface area contributed by atoms with Crippen molar-refractivity contribution in [1.82, 2.24) is 0 Å². The van der Waals surface area contributed by atoms with Crippen molar-refractivity contribution < 1.29 is 29.2 Å². The fourth-order valence-corrected chi connectivity index (χ4v) is 3.28. The molecule has 2 aliphatic heterocycles. The first-order chi connectivity index (χ1) is 11.8. The molecular formula is C18H23ClO6. The van der Waals surface area contributed by atoms with Crippen molar-refractivity contribution in [1.29, 1.82) is 0 Å². The smallest absolute Gasteiger partial charge is 0.190 e. The Bertz CT molecular complexity index is 634. The Morgan fingerprint density at radius 1 is 1.40 bits per heavy atom. The van der Waals surface area contributed by atoms with Crippen molar-refractivity contribution in [3.05, 3.63) is 47.0 Å². The Labute approximate surface area is 151 Å². The van der Waals surface area contributed by atoms with Crippen LogP contribution in [0.3, 0.4) is 0 Å². The Morgan fingerprint density at radius 2 is 2.16 bits per heavy atom. The zero-order chi connectivity index (χ0) is 18.2. The lowest BCUT2D eigenvalue weighted by atomic mass is 9.98. The van der Waals surface area contributed by atoms with Crippen LogP contribution in [0.4, 0.5) is 0 Å². The lowest BCUT2D eigenvalue weighted by molar-refractivity contribution is -0.226. The second kappa shape index (κ2) is 7.32.